The molecule has 0 spiro atoms. The van der Waals surface area contributed by atoms with Crippen molar-refractivity contribution in [2.75, 3.05) is 19.9 Å². The van der Waals surface area contributed by atoms with Gasteiger partial charge in [-0.15, -0.1) is 11.8 Å². The third kappa shape index (κ3) is 2.79. The second-order valence-corrected chi connectivity index (χ2v) is 7.69. The van der Waals surface area contributed by atoms with Gasteiger partial charge in [0.15, 0.2) is 0 Å². The number of ether oxygens (including phenoxy) is 1. The van der Waals surface area contributed by atoms with Crippen molar-refractivity contribution in [3.8, 4) is 0 Å². The molecular formula is C18H25NO2S. The van der Waals surface area contributed by atoms with E-state index < -0.39 is 0 Å². The first kappa shape index (κ1) is 15.9. The minimum atomic E-state index is -0.0470. The van der Waals surface area contributed by atoms with Crippen LogP contribution in [0.5, 0.6) is 0 Å². The molecule has 0 aromatic heterocycles. The number of hydrogen-bond donors (Lipinski definition) is 0. The number of carbonyl (C=O) groups is 1. The number of rotatable bonds is 4. The molecule has 1 aromatic rings. The van der Waals surface area contributed by atoms with Gasteiger partial charge < -0.3 is 4.74 Å². The monoisotopic (exact) mass is 319 g/mol. The SMILES string of the molecule is CCSc1ccc([C@H]2CC3CCC([C@H]2C(=O)OC)N3C)cc1. The predicted octanol–water partition coefficient (Wildman–Crippen LogP) is 3.54. The lowest BCUT2D eigenvalue weighted by Crippen LogP contribution is -2.49. The number of hydrogen-bond acceptors (Lipinski definition) is 4. The van der Waals surface area contributed by atoms with Gasteiger partial charge in [-0.25, -0.2) is 0 Å². The average Bonchev–Trinajstić information content (AvgIpc) is 2.77. The molecule has 0 radical (unpaired) electrons. The summed E-state index contributed by atoms with van der Waals surface area (Å²) in [6.07, 6.45) is 3.38. The van der Waals surface area contributed by atoms with Crippen LogP contribution in [0.4, 0.5) is 0 Å². The summed E-state index contributed by atoms with van der Waals surface area (Å²) in [6, 6.07) is 9.75. The molecule has 22 heavy (non-hydrogen) atoms. The molecular weight excluding hydrogens is 294 g/mol. The first-order valence-electron chi connectivity index (χ1n) is 8.18. The van der Waals surface area contributed by atoms with Crippen molar-refractivity contribution < 1.29 is 9.53 Å². The molecule has 2 fully saturated rings. The predicted molar refractivity (Wildman–Crippen MR) is 90.3 cm³/mol. The first-order valence-corrected chi connectivity index (χ1v) is 9.16. The summed E-state index contributed by atoms with van der Waals surface area (Å²) in [4.78, 5) is 16.1. The van der Waals surface area contributed by atoms with E-state index in [1.54, 1.807) is 0 Å². The van der Waals surface area contributed by atoms with Gasteiger partial charge in [-0.1, -0.05) is 19.1 Å². The topological polar surface area (TPSA) is 29.5 Å². The molecule has 2 aliphatic heterocycles. The van der Waals surface area contributed by atoms with Crippen molar-refractivity contribution in [2.24, 2.45) is 5.92 Å². The second kappa shape index (κ2) is 6.63. The van der Waals surface area contributed by atoms with Gasteiger partial charge in [0.1, 0.15) is 0 Å². The molecule has 0 saturated carbocycles. The van der Waals surface area contributed by atoms with Gasteiger partial charge in [0.25, 0.3) is 0 Å². The van der Waals surface area contributed by atoms with Crippen LogP contribution in [0.25, 0.3) is 0 Å². The van der Waals surface area contributed by atoms with Crippen LogP contribution < -0.4 is 0 Å². The van der Waals surface area contributed by atoms with E-state index in [1.807, 2.05) is 11.8 Å². The Morgan fingerprint density at radius 3 is 2.68 bits per heavy atom. The first-order chi connectivity index (χ1) is 10.7. The van der Waals surface area contributed by atoms with Crippen molar-refractivity contribution in [3.63, 3.8) is 0 Å². The van der Waals surface area contributed by atoms with Crippen LogP contribution in [0, 0.1) is 5.92 Å². The van der Waals surface area contributed by atoms with Crippen LogP contribution in [-0.2, 0) is 9.53 Å². The maximum atomic E-state index is 12.4. The Morgan fingerprint density at radius 2 is 2.05 bits per heavy atom. The minimum Gasteiger partial charge on any atom is -0.469 e. The summed E-state index contributed by atoms with van der Waals surface area (Å²) in [7, 11) is 3.68. The zero-order valence-corrected chi connectivity index (χ0v) is 14.4. The highest BCUT2D eigenvalue weighted by molar-refractivity contribution is 7.99. The smallest absolute Gasteiger partial charge is 0.310 e. The van der Waals surface area contributed by atoms with E-state index in [-0.39, 0.29) is 11.9 Å². The summed E-state index contributed by atoms with van der Waals surface area (Å²) >= 11 is 1.86. The number of nitrogens with zero attached hydrogens (tertiary/aromatic N) is 1. The molecule has 0 N–H and O–H groups in total. The molecule has 2 heterocycles. The van der Waals surface area contributed by atoms with E-state index in [0.29, 0.717) is 18.0 Å². The van der Waals surface area contributed by atoms with Gasteiger partial charge in [-0.2, -0.15) is 0 Å². The van der Waals surface area contributed by atoms with E-state index in [4.69, 9.17) is 4.74 Å². The Kier molecular flexibility index (Phi) is 4.79. The molecule has 3 nitrogen and oxygen atoms in total. The number of benzene rings is 1. The standard InChI is InChI=1S/C18H25NO2S/c1-4-22-14-8-5-12(6-9-14)15-11-13-7-10-16(19(13)2)17(15)18(20)21-3/h5-6,8-9,13,15-17H,4,7,10-11H2,1-3H3/t13?,15-,16?,17+/m1/s1. The van der Waals surface area contributed by atoms with Crippen molar-refractivity contribution in [1.82, 2.24) is 4.90 Å². The van der Waals surface area contributed by atoms with Crippen LogP contribution >= 0.6 is 11.8 Å². The summed E-state index contributed by atoms with van der Waals surface area (Å²) in [5.41, 5.74) is 1.29. The van der Waals surface area contributed by atoms with Gasteiger partial charge >= 0.3 is 5.97 Å². The molecule has 1 aromatic carbocycles. The second-order valence-electron chi connectivity index (χ2n) is 6.36. The van der Waals surface area contributed by atoms with Crippen molar-refractivity contribution >= 4 is 17.7 Å². The highest BCUT2D eigenvalue weighted by Crippen LogP contribution is 2.46. The average molecular weight is 319 g/mol. The number of methoxy groups -OCH3 is 1. The van der Waals surface area contributed by atoms with Crippen molar-refractivity contribution in [1.29, 1.82) is 0 Å². The normalized spacial score (nSPS) is 31.2. The lowest BCUT2D eigenvalue weighted by Gasteiger charge is -2.41. The molecule has 2 aliphatic rings. The zero-order chi connectivity index (χ0) is 15.7. The van der Waals surface area contributed by atoms with Gasteiger partial charge in [-0.05, 0) is 49.8 Å². The third-order valence-corrected chi connectivity index (χ3v) is 6.26. The molecule has 2 saturated heterocycles. The lowest BCUT2D eigenvalue weighted by molar-refractivity contribution is -0.150. The summed E-state index contributed by atoms with van der Waals surface area (Å²) in [5, 5.41) is 0. The van der Waals surface area contributed by atoms with Gasteiger partial charge in [0, 0.05) is 22.9 Å². The number of carbonyl (C=O) groups excluding carboxylic acids is 1. The Hall–Kier alpha value is -1.00. The van der Waals surface area contributed by atoms with E-state index in [9.17, 15) is 4.79 Å². The molecule has 4 atom stereocenters. The van der Waals surface area contributed by atoms with Crippen molar-refractivity contribution in [3.05, 3.63) is 29.8 Å². The zero-order valence-electron chi connectivity index (χ0n) is 13.6. The molecule has 3 rings (SSSR count). The van der Waals surface area contributed by atoms with Crippen LogP contribution in [0.2, 0.25) is 0 Å². The molecule has 4 heteroatoms. The Morgan fingerprint density at radius 1 is 1.32 bits per heavy atom. The van der Waals surface area contributed by atoms with Gasteiger partial charge in [0.2, 0.25) is 0 Å². The van der Waals surface area contributed by atoms with E-state index in [2.05, 4.69) is 43.1 Å². The maximum Gasteiger partial charge on any atom is 0.310 e. The Balaban J connectivity index is 1.88. The third-order valence-electron chi connectivity index (χ3n) is 5.36. The largest absolute Gasteiger partial charge is 0.469 e. The number of fused-ring (bicyclic) bond motifs is 2. The summed E-state index contributed by atoms with van der Waals surface area (Å²) < 4.78 is 5.13. The quantitative estimate of drug-likeness (QED) is 0.627. The molecule has 0 aliphatic carbocycles. The maximum absolute atomic E-state index is 12.4. The van der Waals surface area contributed by atoms with E-state index >= 15 is 0 Å². The summed E-state index contributed by atoms with van der Waals surface area (Å²) in [5.74, 6) is 1.30. The van der Waals surface area contributed by atoms with Crippen molar-refractivity contribution in [2.45, 2.75) is 49.1 Å². The Labute approximate surface area is 137 Å². The fraction of sp³-hybridized carbons (Fsp3) is 0.611. The fourth-order valence-corrected chi connectivity index (χ4v) is 4.91. The highest BCUT2D eigenvalue weighted by atomic mass is 32.2. The number of piperidine rings is 1. The van der Waals surface area contributed by atoms with Crippen LogP contribution in [0.15, 0.2) is 29.2 Å². The van der Waals surface area contributed by atoms with E-state index in [1.165, 1.54) is 24.0 Å². The van der Waals surface area contributed by atoms with Gasteiger partial charge in [0.05, 0.1) is 13.0 Å². The molecule has 120 valence electrons. The van der Waals surface area contributed by atoms with E-state index in [0.717, 1.165) is 18.6 Å². The molecule has 2 unspecified atom stereocenters. The minimum absolute atomic E-state index is 0.0292. The van der Waals surface area contributed by atoms with Gasteiger partial charge in [-0.3, -0.25) is 9.69 Å². The number of thioether (sulfide) groups is 1. The molecule has 2 bridgehead atoms. The summed E-state index contributed by atoms with van der Waals surface area (Å²) in [6.45, 7) is 2.17. The molecule has 0 amide bonds. The fourth-order valence-electron chi connectivity index (χ4n) is 4.24. The highest BCUT2D eigenvalue weighted by Gasteiger charge is 2.49. The Bertz CT molecular complexity index is 530. The van der Waals surface area contributed by atoms with Crippen LogP contribution in [-0.4, -0.2) is 42.9 Å². The lowest BCUT2D eigenvalue weighted by atomic mass is 9.76. The van der Waals surface area contributed by atoms with Crippen LogP contribution in [0.3, 0.4) is 0 Å². The number of esters is 1. The van der Waals surface area contributed by atoms with Crippen LogP contribution in [0.1, 0.15) is 37.7 Å².